The molecule has 0 saturated heterocycles. The molecular formula is C14H18BrN3O2. The SMILES string of the molecule is CCc1nn(C)c(CC(O)c2cccc(OC)n2)c1Br. The average Bonchev–Trinajstić information content (AvgIpc) is 2.74. The number of aryl methyl sites for hydroxylation is 2. The first-order valence-corrected chi connectivity index (χ1v) is 7.25. The summed E-state index contributed by atoms with van der Waals surface area (Å²) in [5.41, 5.74) is 2.54. The minimum Gasteiger partial charge on any atom is -0.481 e. The molecule has 2 aromatic heterocycles. The van der Waals surface area contributed by atoms with Gasteiger partial charge in [0.25, 0.3) is 0 Å². The van der Waals surface area contributed by atoms with Gasteiger partial charge in [-0.05, 0) is 28.4 Å². The Morgan fingerprint density at radius 3 is 2.80 bits per heavy atom. The monoisotopic (exact) mass is 339 g/mol. The zero-order valence-corrected chi connectivity index (χ0v) is 13.4. The first kappa shape index (κ1) is 15.0. The number of halogens is 1. The fraction of sp³-hybridized carbons (Fsp3) is 0.429. The van der Waals surface area contributed by atoms with Crippen LogP contribution in [-0.2, 0) is 19.9 Å². The lowest BCUT2D eigenvalue weighted by Crippen LogP contribution is -2.08. The molecule has 5 nitrogen and oxygen atoms in total. The third kappa shape index (κ3) is 3.02. The Morgan fingerprint density at radius 1 is 1.45 bits per heavy atom. The predicted octanol–water partition coefficient (Wildman–Crippen LogP) is 2.42. The zero-order valence-electron chi connectivity index (χ0n) is 11.8. The maximum atomic E-state index is 10.3. The average molecular weight is 340 g/mol. The predicted molar refractivity (Wildman–Crippen MR) is 79.7 cm³/mol. The van der Waals surface area contributed by atoms with E-state index < -0.39 is 6.10 Å². The second kappa shape index (κ2) is 6.37. The van der Waals surface area contributed by atoms with Gasteiger partial charge in [0.15, 0.2) is 0 Å². The second-order valence-electron chi connectivity index (χ2n) is 4.51. The Balaban J connectivity index is 2.23. The Hall–Kier alpha value is -1.40. The molecule has 1 N–H and O–H groups in total. The molecule has 0 aliphatic rings. The molecule has 2 aromatic rings. The van der Waals surface area contributed by atoms with Crippen LogP contribution < -0.4 is 4.74 Å². The van der Waals surface area contributed by atoms with Gasteiger partial charge in [-0.3, -0.25) is 4.68 Å². The van der Waals surface area contributed by atoms with Crippen LogP contribution in [0.15, 0.2) is 22.7 Å². The molecule has 0 amide bonds. The number of hydrogen-bond acceptors (Lipinski definition) is 4. The van der Waals surface area contributed by atoms with Gasteiger partial charge >= 0.3 is 0 Å². The fourth-order valence-electron chi connectivity index (χ4n) is 2.06. The molecule has 20 heavy (non-hydrogen) atoms. The largest absolute Gasteiger partial charge is 0.481 e. The minimum atomic E-state index is -0.693. The molecule has 0 aromatic carbocycles. The summed E-state index contributed by atoms with van der Waals surface area (Å²) in [6.07, 6.45) is 0.605. The standard InChI is InChI=1S/C14H18BrN3O2/c1-4-9-14(15)11(18(2)17-9)8-12(19)10-6-5-7-13(16-10)20-3/h5-7,12,19H,4,8H2,1-3H3. The summed E-state index contributed by atoms with van der Waals surface area (Å²) in [4.78, 5) is 4.26. The summed E-state index contributed by atoms with van der Waals surface area (Å²) in [6.45, 7) is 2.05. The molecule has 1 unspecified atom stereocenters. The number of ether oxygens (including phenoxy) is 1. The van der Waals surface area contributed by atoms with Gasteiger partial charge in [-0.15, -0.1) is 0 Å². The van der Waals surface area contributed by atoms with Gasteiger partial charge in [-0.2, -0.15) is 5.10 Å². The van der Waals surface area contributed by atoms with Crippen LogP contribution in [0.4, 0.5) is 0 Å². The Bertz CT molecular complexity index is 598. The molecule has 0 aliphatic heterocycles. The summed E-state index contributed by atoms with van der Waals surface area (Å²) in [6, 6.07) is 5.36. The summed E-state index contributed by atoms with van der Waals surface area (Å²) < 4.78 is 7.84. The molecule has 1 atom stereocenters. The maximum Gasteiger partial charge on any atom is 0.213 e. The van der Waals surface area contributed by atoms with Crippen molar-refractivity contribution in [1.82, 2.24) is 14.8 Å². The van der Waals surface area contributed by atoms with Crippen molar-refractivity contribution in [2.45, 2.75) is 25.9 Å². The van der Waals surface area contributed by atoms with E-state index in [0.29, 0.717) is 18.0 Å². The molecule has 6 heteroatoms. The van der Waals surface area contributed by atoms with Crippen LogP contribution in [0.2, 0.25) is 0 Å². The summed E-state index contributed by atoms with van der Waals surface area (Å²) in [5.74, 6) is 0.500. The fourth-order valence-corrected chi connectivity index (χ4v) is 2.84. The van der Waals surface area contributed by atoms with Crippen LogP contribution in [0.1, 0.15) is 30.1 Å². The van der Waals surface area contributed by atoms with Crippen LogP contribution in [-0.4, -0.2) is 27.0 Å². The highest BCUT2D eigenvalue weighted by Gasteiger charge is 2.18. The highest BCUT2D eigenvalue weighted by atomic mass is 79.9. The van der Waals surface area contributed by atoms with E-state index in [0.717, 1.165) is 22.3 Å². The quantitative estimate of drug-likeness (QED) is 0.908. The first-order chi connectivity index (χ1) is 9.56. The van der Waals surface area contributed by atoms with Crippen LogP contribution in [0.5, 0.6) is 5.88 Å². The molecule has 0 bridgehead atoms. The first-order valence-electron chi connectivity index (χ1n) is 6.46. The van der Waals surface area contributed by atoms with Gasteiger partial charge in [0.1, 0.15) is 6.10 Å². The summed E-state index contributed by atoms with van der Waals surface area (Å²) in [5, 5.41) is 14.8. The van der Waals surface area contributed by atoms with Crippen molar-refractivity contribution in [3.8, 4) is 5.88 Å². The molecule has 2 rings (SSSR count). The molecule has 0 spiro atoms. The summed E-state index contributed by atoms with van der Waals surface area (Å²) in [7, 11) is 3.44. The third-order valence-electron chi connectivity index (χ3n) is 3.19. The lowest BCUT2D eigenvalue weighted by Gasteiger charge is -2.11. The molecule has 0 fully saturated rings. The van der Waals surface area contributed by atoms with Crippen molar-refractivity contribution >= 4 is 15.9 Å². The van der Waals surface area contributed by atoms with Crippen molar-refractivity contribution in [3.05, 3.63) is 39.8 Å². The number of aromatic nitrogens is 3. The Kier molecular flexibility index (Phi) is 4.77. The molecule has 0 saturated carbocycles. The third-order valence-corrected chi connectivity index (χ3v) is 4.10. The van der Waals surface area contributed by atoms with Crippen LogP contribution >= 0.6 is 15.9 Å². The highest BCUT2D eigenvalue weighted by Crippen LogP contribution is 2.26. The molecule has 0 radical (unpaired) electrons. The minimum absolute atomic E-state index is 0.449. The lowest BCUT2D eigenvalue weighted by atomic mass is 10.1. The van der Waals surface area contributed by atoms with Gasteiger partial charge in [0, 0.05) is 19.5 Å². The van der Waals surface area contributed by atoms with Crippen molar-refractivity contribution < 1.29 is 9.84 Å². The number of pyridine rings is 1. The maximum absolute atomic E-state index is 10.3. The molecule has 0 aliphatic carbocycles. The van der Waals surface area contributed by atoms with Crippen molar-refractivity contribution in [1.29, 1.82) is 0 Å². The summed E-state index contributed by atoms with van der Waals surface area (Å²) >= 11 is 3.55. The number of nitrogens with zero attached hydrogens (tertiary/aromatic N) is 3. The smallest absolute Gasteiger partial charge is 0.213 e. The second-order valence-corrected chi connectivity index (χ2v) is 5.30. The van der Waals surface area contributed by atoms with Gasteiger partial charge in [0.2, 0.25) is 5.88 Å². The van der Waals surface area contributed by atoms with Crippen molar-refractivity contribution in [2.24, 2.45) is 7.05 Å². The Labute approximate surface area is 126 Å². The number of rotatable bonds is 5. The van der Waals surface area contributed by atoms with E-state index in [9.17, 15) is 5.11 Å². The zero-order chi connectivity index (χ0) is 14.7. The van der Waals surface area contributed by atoms with Crippen LogP contribution in [0, 0.1) is 0 Å². The van der Waals surface area contributed by atoms with Gasteiger partial charge in [-0.1, -0.05) is 13.0 Å². The highest BCUT2D eigenvalue weighted by molar-refractivity contribution is 9.10. The van der Waals surface area contributed by atoms with Crippen molar-refractivity contribution in [3.63, 3.8) is 0 Å². The van der Waals surface area contributed by atoms with E-state index in [1.54, 1.807) is 23.9 Å². The lowest BCUT2D eigenvalue weighted by molar-refractivity contribution is 0.169. The van der Waals surface area contributed by atoms with E-state index in [-0.39, 0.29) is 0 Å². The number of methoxy groups -OCH3 is 1. The topological polar surface area (TPSA) is 60.2 Å². The molecule has 2 heterocycles. The van der Waals surface area contributed by atoms with Gasteiger partial charge in [-0.25, -0.2) is 4.98 Å². The normalized spacial score (nSPS) is 12.4. The number of hydrogen-bond donors (Lipinski definition) is 1. The molecule has 108 valence electrons. The van der Waals surface area contributed by atoms with Gasteiger partial charge in [0.05, 0.1) is 28.7 Å². The molecular weight excluding hydrogens is 322 g/mol. The van der Waals surface area contributed by atoms with Crippen LogP contribution in [0.25, 0.3) is 0 Å². The van der Waals surface area contributed by atoms with E-state index in [4.69, 9.17) is 4.74 Å². The Morgan fingerprint density at radius 2 is 2.20 bits per heavy atom. The van der Waals surface area contributed by atoms with E-state index in [1.165, 1.54) is 0 Å². The van der Waals surface area contributed by atoms with E-state index >= 15 is 0 Å². The number of aliphatic hydroxyl groups excluding tert-OH is 1. The number of aliphatic hydroxyl groups is 1. The van der Waals surface area contributed by atoms with E-state index in [1.807, 2.05) is 13.1 Å². The van der Waals surface area contributed by atoms with Gasteiger partial charge < -0.3 is 9.84 Å². The van der Waals surface area contributed by atoms with Crippen molar-refractivity contribution in [2.75, 3.05) is 7.11 Å². The van der Waals surface area contributed by atoms with Crippen LogP contribution in [0.3, 0.4) is 0 Å². The van der Waals surface area contributed by atoms with E-state index in [2.05, 4.69) is 32.9 Å².